The molecule has 1 aliphatic rings. The number of aryl methyl sites for hydroxylation is 1. The lowest BCUT2D eigenvalue weighted by Crippen LogP contribution is -2.27. The molecule has 0 saturated heterocycles. The van der Waals surface area contributed by atoms with E-state index in [0.717, 1.165) is 6.54 Å². The number of rotatable bonds is 4. The second kappa shape index (κ2) is 5.24. The molecule has 1 heterocycles. The molecular weight excluding hydrogens is 214 g/mol. The Balaban J connectivity index is 2.26. The Morgan fingerprint density at radius 2 is 2.12 bits per heavy atom. The normalized spacial score (nSPS) is 23.4. The van der Waals surface area contributed by atoms with Gasteiger partial charge in [-0.05, 0) is 37.4 Å². The Labute approximate surface area is 103 Å². The molecule has 0 radical (unpaired) electrons. The Bertz CT molecular complexity index is 362. The van der Waals surface area contributed by atoms with Crippen molar-refractivity contribution in [2.24, 2.45) is 0 Å². The summed E-state index contributed by atoms with van der Waals surface area (Å²) >= 11 is 2.06. The molecule has 1 nitrogen and oxygen atoms in total. The van der Waals surface area contributed by atoms with Gasteiger partial charge in [-0.15, -0.1) is 11.8 Å². The summed E-state index contributed by atoms with van der Waals surface area (Å²) in [5, 5.41) is 4.41. The van der Waals surface area contributed by atoms with Crippen LogP contribution >= 0.6 is 11.8 Å². The van der Waals surface area contributed by atoms with Gasteiger partial charge in [-0.2, -0.15) is 0 Å². The summed E-state index contributed by atoms with van der Waals surface area (Å²) in [4.78, 5) is 1.52. The molecule has 0 spiro atoms. The van der Waals surface area contributed by atoms with Crippen molar-refractivity contribution >= 4 is 11.8 Å². The van der Waals surface area contributed by atoms with Crippen molar-refractivity contribution in [3.8, 4) is 0 Å². The smallest absolute Gasteiger partial charge is 0.0455 e. The molecule has 1 aliphatic heterocycles. The summed E-state index contributed by atoms with van der Waals surface area (Å²) < 4.78 is 0. The zero-order valence-corrected chi connectivity index (χ0v) is 11.2. The summed E-state index contributed by atoms with van der Waals surface area (Å²) in [6.45, 7) is 7.86. The maximum Gasteiger partial charge on any atom is 0.0455 e. The van der Waals surface area contributed by atoms with Gasteiger partial charge in [-0.1, -0.05) is 32.0 Å². The average Bonchev–Trinajstić information content (AvgIpc) is 2.66. The predicted molar refractivity (Wildman–Crippen MR) is 72.1 cm³/mol. The lowest BCUT2D eigenvalue weighted by atomic mass is 10.0. The fourth-order valence-electron chi connectivity index (χ4n) is 2.36. The fraction of sp³-hybridized carbons (Fsp3) is 0.571. The lowest BCUT2D eigenvalue weighted by Gasteiger charge is -2.19. The topological polar surface area (TPSA) is 12.0 Å². The SMILES string of the molecule is CCCNC1c2cccc(C)c2SC1CC. The van der Waals surface area contributed by atoms with Gasteiger partial charge < -0.3 is 5.32 Å². The molecule has 16 heavy (non-hydrogen) atoms. The summed E-state index contributed by atoms with van der Waals surface area (Å²) in [5.41, 5.74) is 2.95. The Kier molecular flexibility index (Phi) is 3.93. The zero-order valence-electron chi connectivity index (χ0n) is 10.4. The number of hydrogen-bond donors (Lipinski definition) is 1. The molecule has 2 rings (SSSR count). The van der Waals surface area contributed by atoms with Gasteiger partial charge in [0.05, 0.1) is 0 Å². The highest BCUT2D eigenvalue weighted by molar-refractivity contribution is 8.00. The molecule has 2 atom stereocenters. The van der Waals surface area contributed by atoms with Crippen LogP contribution in [0.25, 0.3) is 0 Å². The molecule has 0 fully saturated rings. The van der Waals surface area contributed by atoms with Crippen molar-refractivity contribution < 1.29 is 0 Å². The highest BCUT2D eigenvalue weighted by atomic mass is 32.2. The maximum absolute atomic E-state index is 3.69. The monoisotopic (exact) mass is 235 g/mol. The highest BCUT2D eigenvalue weighted by Gasteiger charge is 2.32. The summed E-state index contributed by atoms with van der Waals surface area (Å²) in [6.07, 6.45) is 2.44. The van der Waals surface area contributed by atoms with Gasteiger partial charge in [0, 0.05) is 16.2 Å². The number of benzene rings is 1. The van der Waals surface area contributed by atoms with Crippen molar-refractivity contribution in [2.45, 2.75) is 49.8 Å². The molecule has 0 aliphatic carbocycles. The molecule has 0 amide bonds. The maximum atomic E-state index is 3.69. The van der Waals surface area contributed by atoms with Crippen LogP contribution in [-0.4, -0.2) is 11.8 Å². The molecule has 0 bridgehead atoms. The Morgan fingerprint density at radius 1 is 1.31 bits per heavy atom. The summed E-state index contributed by atoms with van der Waals surface area (Å²) in [6, 6.07) is 7.26. The van der Waals surface area contributed by atoms with E-state index in [1.807, 2.05) is 0 Å². The first-order chi connectivity index (χ1) is 7.77. The van der Waals surface area contributed by atoms with Gasteiger partial charge >= 0.3 is 0 Å². The molecule has 1 N–H and O–H groups in total. The minimum Gasteiger partial charge on any atom is -0.309 e. The molecular formula is C14H21NS. The fourth-order valence-corrected chi connectivity index (χ4v) is 3.79. The van der Waals surface area contributed by atoms with Crippen molar-refractivity contribution in [1.82, 2.24) is 5.32 Å². The average molecular weight is 235 g/mol. The van der Waals surface area contributed by atoms with E-state index in [1.54, 1.807) is 0 Å². The van der Waals surface area contributed by atoms with E-state index in [4.69, 9.17) is 0 Å². The van der Waals surface area contributed by atoms with Gasteiger partial charge in [0.25, 0.3) is 0 Å². The van der Waals surface area contributed by atoms with Crippen LogP contribution in [0, 0.1) is 6.92 Å². The van der Waals surface area contributed by atoms with E-state index in [-0.39, 0.29) is 0 Å². The predicted octanol–water partition coefficient (Wildman–Crippen LogP) is 3.92. The lowest BCUT2D eigenvalue weighted by molar-refractivity contribution is 0.510. The molecule has 2 unspecified atom stereocenters. The molecule has 1 aromatic rings. The largest absolute Gasteiger partial charge is 0.309 e. The van der Waals surface area contributed by atoms with Crippen molar-refractivity contribution in [3.63, 3.8) is 0 Å². The van der Waals surface area contributed by atoms with E-state index >= 15 is 0 Å². The second-order valence-electron chi connectivity index (χ2n) is 4.49. The Hall–Kier alpha value is -0.470. The van der Waals surface area contributed by atoms with Crippen molar-refractivity contribution in [2.75, 3.05) is 6.54 Å². The number of fused-ring (bicyclic) bond motifs is 1. The molecule has 0 aromatic heterocycles. The summed E-state index contributed by atoms with van der Waals surface area (Å²) in [7, 11) is 0. The first kappa shape index (κ1) is 12.0. The van der Waals surface area contributed by atoms with Crippen molar-refractivity contribution in [1.29, 1.82) is 0 Å². The van der Waals surface area contributed by atoms with E-state index < -0.39 is 0 Å². The van der Waals surface area contributed by atoms with Crippen LogP contribution < -0.4 is 5.32 Å². The van der Waals surface area contributed by atoms with E-state index in [0.29, 0.717) is 11.3 Å². The van der Waals surface area contributed by atoms with Crippen LogP contribution in [0.1, 0.15) is 43.9 Å². The van der Waals surface area contributed by atoms with Crippen molar-refractivity contribution in [3.05, 3.63) is 29.3 Å². The van der Waals surface area contributed by atoms with Gasteiger partial charge in [0.2, 0.25) is 0 Å². The van der Waals surface area contributed by atoms with Crippen LogP contribution in [0.4, 0.5) is 0 Å². The van der Waals surface area contributed by atoms with Crippen LogP contribution in [-0.2, 0) is 0 Å². The van der Waals surface area contributed by atoms with Crippen LogP contribution in [0.3, 0.4) is 0 Å². The van der Waals surface area contributed by atoms with Gasteiger partial charge in [0.1, 0.15) is 0 Å². The summed E-state index contributed by atoms with van der Waals surface area (Å²) in [5.74, 6) is 0. The molecule has 0 saturated carbocycles. The first-order valence-corrected chi connectivity index (χ1v) is 7.15. The molecule has 1 aromatic carbocycles. The third-order valence-electron chi connectivity index (χ3n) is 3.24. The minimum absolute atomic E-state index is 0.560. The molecule has 2 heteroatoms. The van der Waals surface area contributed by atoms with E-state index in [9.17, 15) is 0 Å². The van der Waals surface area contributed by atoms with Crippen LogP contribution in [0.5, 0.6) is 0 Å². The third-order valence-corrected chi connectivity index (χ3v) is 4.94. The Morgan fingerprint density at radius 3 is 2.81 bits per heavy atom. The van der Waals surface area contributed by atoms with Crippen LogP contribution in [0.15, 0.2) is 23.1 Å². The first-order valence-electron chi connectivity index (χ1n) is 6.27. The quantitative estimate of drug-likeness (QED) is 0.849. The zero-order chi connectivity index (χ0) is 11.5. The van der Waals surface area contributed by atoms with Gasteiger partial charge in [0.15, 0.2) is 0 Å². The van der Waals surface area contributed by atoms with Crippen LogP contribution in [0.2, 0.25) is 0 Å². The highest BCUT2D eigenvalue weighted by Crippen LogP contribution is 2.46. The standard InChI is InChI=1S/C14H21NS/c1-4-9-15-13-11-8-6-7-10(3)14(11)16-12(13)5-2/h6-8,12-13,15H,4-5,9H2,1-3H3. The number of nitrogens with one attached hydrogen (secondary N) is 1. The minimum atomic E-state index is 0.560. The number of hydrogen-bond acceptors (Lipinski definition) is 2. The number of thioether (sulfide) groups is 1. The van der Waals surface area contributed by atoms with E-state index in [1.165, 1.54) is 28.9 Å². The van der Waals surface area contributed by atoms with Gasteiger partial charge in [-0.3, -0.25) is 0 Å². The molecule has 88 valence electrons. The third kappa shape index (κ3) is 2.14. The second-order valence-corrected chi connectivity index (χ2v) is 5.74. The van der Waals surface area contributed by atoms with E-state index in [2.05, 4.69) is 56.0 Å². The van der Waals surface area contributed by atoms with Gasteiger partial charge in [-0.25, -0.2) is 0 Å².